The maximum absolute atomic E-state index is 12.4. The van der Waals surface area contributed by atoms with Crippen molar-refractivity contribution in [2.75, 3.05) is 12.5 Å². The van der Waals surface area contributed by atoms with Crippen molar-refractivity contribution >= 4 is 17.5 Å². The van der Waals surface area contributed by atoms with Gasteiger partial charge in [-0.05, 0) is 38.5 Å². The molecule has 1 aliphatic rings. The summed E-state index contributed by atoms with van der Waals surface area (Å²) in [5.41, 5.74) is 7.18. The van der Waals surface area contributed by atoms with Crippen LogP contribution in [0.4, 0.5) is 11.5 Å². The van der Waals surface area contributed by atoms with Gasteiger partial charge in [-0.15, -0.1) is 0 Å². The lowest BCUT2D eigenvalue weighted by atomic mass is 9.92. The Balaban J connectivity index is 2.22. The summed E-state index contributed by atoms with van der Waals surface area (Å²) >= 11 is 0. The van der Waals surface area contributed by atoms with Crippen molar-refractivity contribution in [2.45, 2.75) is 32.8 Å². The zero-order valence-corrected chi connectivity index (χ0v) is 15.6. The summed E-state index contributed by atoms with van der Waals surface area (Å²) in [7, 11) is 0. The second-order valence-corrected chi connectivity index (χ2v) is 6.48. The molecule has 0 saturated carbocycles. The van der Waals surface area contributed by atoms with Crippen LogP contribution >= 0.6 is 0 Å². The van der Waals surface area contributed by atoms with Gasteiger partial charge in [-0.25, -0.2) is 9.83 Å². The highest BCUT2D eigenvalue weighted by Gasteiger charge is 2.28. The van der Waals surface area contributed by atoms with Crippen LogP contribution in [0.2, 0.25) is 0 Å². The highest BCUT2D eigenvalue weighted by molar-refractivity contribution is 5.92. The summed E-state index contributed by atoms with van der Waals surface area (Å²) < 4.78 is 15.9. The van der Waals surface area contributed by atoms with Crippen molar-refractivity contribution in [3.8, 4) is 28.7 Å². The lowest BCUT2D eigenvalue weighted by molar-refractivity contribution is -0.148. The number of esters is 1. The third-order valence-corrected chi connectivity index (χ3v) is 4.23. The number of nitriles is 1. The smallest absolute Gasteiger partial charge is 0.315 e. The van der Waals surface area contributed by atoms with Crippen molar-refractivity contribution in [3.63, 3.8) is 0 Å². The van der Waals surface area contributed by atoms with Crippen molar-refractivity contribution in [1.82, 2.24) is 4.98 Å². The summed E-state index contributed by atoms with van der Waals surface area (Å²) in [5.74, 6) is -0.331. The Kier molecular flexibility index (Phi) is 5.06. The quantitative estimate of drug-likeness (QED) is 0.639. The summed E-state index contributed by atoms with van der Waals surface area (Å²) in [5, 5.41) is 9.84. The van der Waals surface area contributed by atoms with E-state index >= 15 is 0 Å². The number of carbonyl (C=O) groups is 1. The molecule has 0 spiro atoms. The van der Waals surface area contributed by atoms with Crippen LogP contribution in [0.3, 0.4) is 0 Å². The first-order valence-corrected chi connectivity index (χ1v) is 8.58. The molecule has 8 heteroatoms. The number of pyridine rings is 1. The van der Waals surface area contributed by atoms with Gasteiger partial charge in [0, 0.05) is 5.56 Å². The largest absolute Gasteiger partial charge is 0.462 e. The van der Waals surface area contributed by atoms with Gasteiger partial charge in [0.05, 0.1) is 29.9 Å². The number of aromatic nitrogens is 1. The van der Waals surface area contributed by atoms with Gasteiger partial charge in [-0.3, -0.25) is 4.79 Å². The molecule has 3 rings (SSSR count). The minimum Gasteiger partial charge on any atom is -0.462 e. The van der Waals surface area contributed by atoms with Crippen LogP contribution in [-0.2, 0) is 9.53 Å². The number of nitrogens with zero attached hydrogens (tertiary/aromatic N) is 3. The van der Waals surface area contributed by atoms with E-state index in [4.69, 9.17) is 26.5 Å². The van der Waals surface area contributed by atoms with Crippen molar-refractivity contribution < 1.29 is 19.0 Å². The Hall–Kier alpha value is -3.78. The number of ether oxygens (including phenoxy) is 3. The van der Waals surface area contributed by atoms with Gasteiger partial charge in [0.2, 0.25) is 12.5 Å². The molecule has 142 valence electrons. The van der Waals surface area contributed by atoms with Crippen LogP contribution in [0, 0.1) is 17.9 Å². The van der Waals surface area contributed by atoms with Gasteiger partial charge in [0.25, 0.3) is 0 Å². The molecule has 1 aliphatic heterocycles. The van der Waals surface area contributed by atoms with Gasteiger partial charge in [0.1, 0.15) is 11.9 Å². The summed E-state index contributed by atoms with van der Waals surface area (Å²) in [6.07, 6.45) is -0.311. The molecular formula is C20H18N4O4. The highest BCUT2D eigenvalue weighted by atomic mass is 16.7. The first-order valence-electron chi connectivity index (χ1n) is 8.58. The van der Waals surface area contributed by atoms with Crippen LogP contribution in [0.1, 0.15) is 37.9 Å². The minimum absolute atomic E-state index is 0.0450. The van der Waals surface area contributed by atoms with E-state index in [9.17, 15) is 10.1 Å². The standard InChI is InChI=1S/C20H18N4O4/c1-10(2)28-20(25)11(3)17-13(8-21)16(18(23-4)19(22)24-17)12-5-6-14-15(7-12)27-9-26-14/h5-7,10-11H,9H2,1-3H3,(H2,22,24). The van der Waals surface area contributed by atoms with E-state index in [0.717, 1.165) is 0 Å². The summed E-state index contributed by atoms with van der Waals surface area (Å²) in [6, 6.07) is 7.16. The first-order chi connectivity index (χ1) is 13.4. The fourth-order valence-electron chi connectivity index (χ4n) is 2.93. The molecule has 1 atom stereocenters. The molecule has 1 aromatic carbocycles. The average molecular weight is 378 g/mol. The average Bonchev–Trinajstić information content (AvgIpc) is 3.13. The van der Waals surface area contributed by atoms with Crippen molar-refractivity contribution in [3.05, 3.63) is 40.9 Å². The Bertz CT molecular complexity index is 1030. The van der Waals surface area contributed by atoms with Crippen LogP contribution in [0.25, 0.3) is 16.0 Å². The molecule has 28 heavy (non-hydrogen) atoms. The summed E-state index contributed by atoms with van der Waals surface area (Å²) in [6.45, 7) is 12.7. The van der Waals surface area contributed by atoms with Crippen LogP contribution in [-0.4, -0.2) is 23.9 Å². The zero-order valence-electron chi connectivity index (χ0n) is 15.6. The van der Waals surface area contributed by atoms with E-state index in [1.165, 1.54) is 0 Å². The molecule has 0 fully saturated rings. The van der Waals surface area contributed by atoms with E-state index < -0.39 is 11.9 Å². The number of rotatable bonds is 4. The molecule has 1 unspecified atom stereocenters. The van der Waals surface area contributed by atoms with Gasteiger partial charge >= 0.3 is 5.97 Å². The number of hydrogen-bond donors (Lipinski definition) is 1. The first kappa shape index (κ1) is 19.0. The Labute approximate surface area is 162 Å². The van der Waals surface area contributed by atoms with Crippen molar-refractivity contribution in [1.29, 1.82) is 5.26 Å². The number of benzene rings is 1. The second-order valence-electron chi connectivity index (χ2n) is 6.48. The normalized spacial score (nSPS) is 12.9. The Morgan fingerprint density at radius 3 is 2.71 bits per heavy atom. The van der Waals surface area contributed by atoms with Crippen LogP contribution in [0.15, 0.2) is 18.2 Å². The highest BCUT2D eigenvalue weighted by Crippen LogP contribution is 2.43. The molecule has 2 heterocycles. The zero-order chi connectivity index (χ0) is 20.4. The molecule has 0 amide bonds. The lowest BCUT2D eigenvalue weighted by Gasteiger charge is -2.18. The molecule has 2 N–H and O–H groups in total. The molecule has 0 radical (unpaired) electrons. The third kappa shape index (κ3) is 3.28. The molecule has 1 aromatic heterocycles. The monoisotopic (exact) mass is 378 g/mol. The predicted octanol–water partition coefficient (Wildman–Crippen LogP) is 3.54. The summed E-state index contributed by atoms with van der Waals surface area (Å²) in [4.78, 5) is 20.0. The fourth-order valence-corrected chi connectivity index (χ4v) is 2.93. The maximum atomic E-state index is 12.4. The molecule has 0 bridgehead atoms. The number of nitrogen functional groups attached to an aromatic ring is 1. The fraction of sp³-hybridized carbons (Fsp3) is 0.300. The van der Waals surface area contributed by atoms with Gasteiger partial charge in [0.15, 0.2) is 11.5 Å². The lowest BCUT2D eigenvalue weighted by Crippen LogP contribution is -2.20. The number of nitrogens with two attached hydrogens (primary N) is 1. The maximum Gasteiger partial charge on any atom is 0.315 e. The number of carbonyl (C=O) groups excluding carboxylic acids is 1. The molecular weight excluding hydrogens is 360 g/mol. The topological polar surface area (TPSA) is 112 Å². The number of hydrogen-bond acceptors (Lipinski definition) is 7. The second kappa shape index (κ2) is 7.45. The van der Waals surface area contributed by atoms with E-state index in [1.807, 2.05) is 0 Å². The number of fused-ring (bicyclic) bond motifs is 1. The van der Waals surface area contributed by atoms with E-state index in [0.29, 0.717) is 22.6 Å². The third-order valence-electron chi connectivity index (χ3n) is 4.23. The number of anilines is 1. The molecule has 8 nitrogen and oxygen atoms in total. The SMILES string of the molecule is [C-]#[N+]c1c(N)nc(C(C)C(=O)OC(C)C)c(C#N)c1-c1ccc2c(c1)OCO2. The van der Waals surface area contributed by atoms with Gasteiger partial charge < -0.3 is 19.9 Å². The van der Waals surface area contributed by atoms with E-state index in [2.05, 4.69) is 15.9 Å². The molecule has 0 aliphatic carbocycles. The van der Waals surface area contributed by atoms with Crippen molar-refractivity contribution in [2.24, 2.45) is 0 Å². The predicted molar refractivity (Wildman–Crippen MR) is 101 cm³/mol. The van der Waals surface area contributed by atoms with Gasteiger partial charge in [-0.2, -0.15) is 5.26 Å². The molecule has 0 saturated heterocycles. The van der Waals surface area contributed by atoms with Crippen LogP contribution in [0.5, 0.6) is 11.5 Å². The van der Waals surface area contributed by atoms with E-state index in [-0.39, 0.29) is 35.7 Å². The van der Waals surface area contributed by atoms with Crippen LogP contribution < -0.4 is 15.2 Å². The minimum atomic E-state index is -0.827. The van der Waals surface area contributed by atoms with E-state index in [1.54, 1.807) is 39.0 Å². The Morgan fingerprint density at radius 1 is 1.36 bits per heavy atom. The molecule has 2 aromatic rings. The Morgan fingerprint density at radius 2 is 2.07 bits per heavy atom. The van der Waals surface area contributed by atoms with Gasteiger partial charge in [-0.1, -0.05) is 6.07 Å².